The van der Waals surface area contributed by atoms with E-state index in [0.717, 1.165) is 25.1 Å². The first-order valence-electron chi connectivity index (χ1n) is 8.72. The van der Waals surface area contributed by atoms with Crippen LogP contribution in [-0.2, 0) is 25.6 Å². The minimum absolute atomic E-state index is 0.00394. The van der Waals surface area contributed by atoms with E-state index in [4.69, 9.17) is 21.1 Å². The molecule has 0 aromatic heterocycles. The van der Waals surface area contributed by atoms with Crippen molar-refractivity contribution in [3.05, 3.63) is 62.7 Å². The third kappa shape index (κ3) is 6.31. The van der Waals surface area contributed by atoms with Crippen molar-refractivity contribution in [1.82, 2.24) is 0 Å². The molecule has 0 fully saturated rings. The van der Waals surface area contributed by atoms with Gasteiger partial charge in [0, 0.05) is 20.1 Å². The van der Waals surface area contributed by atoms with E-state index in [-0.39, 0.29) is 27.8 Å². The third-order valence-electron chi connectivity index (χ3n) is 3.96. The van der Waals surface area contributed by atoms with E-state index in [2.05, 4.69) is 15.0 Å². The maximum Gasteiger partial charge on any atom is 0.416 e. The number of oxime groups is 1. The minimum Gasteiger partial charge on any atom is -0.456 e. The number of hydrogen-bond donors (Lipinski definition) is 0. The molecule has 0 amide bonds. The molecule has 0 N–H and O–H groups in total. The summed E-state index contributed by atoms with van der Waals surface area (Å²) < 4.78 is 49.1. The Bertz CT molecular complexity index is 1040. The van der Waals surface area contributed by atoms with Gasteiger partial charge in [0.05, 0.1) is 21.1 Å². The number of carbonyl (C=O) groups is 1. The number of benzene rings is 2. The summed E-state index contributed by atoms with van der Waals surface area (Å²) in [4.78, 5) is 30.4. The second-order valence-electron chi connectivity index (χ2n) is 6.18. The molecule has 0 saturated heterocycles. The summed E-state index contributed by atoms with van der Waals surface area (Å²) in [6.45, 7) is 2.56. The summed E-state index contributed by atoms with van der Waals surface area (Å²) in [5.74, 6) is -0.939. The molecular weight excluding hydrogens is 461 g/mol. The molecule has 0 spiro atoms. The van der Waals surface area contributed by atoms with Crippen molar-refractivity contribution in [1.29, 1.82) is 0 Å². The quantitative estimate of drug-likeness (QED) is 0.220. The van der Waals surface area contributed by atoms with Gasteiger partial charge in [-0.1, -0.05) is 11.6 Å². The van der Waals surface area contributed by atoms with Crippen LogP contribution >= 0.6 is 11.6 Å². The molecule has 9 nitrogen and oxygen atoms in total. The maximum atomic E-state index is 12.8. The largest absolute Gasteiger partial charge is 0.456 e. The number of nitro benzene ring substituents is 1. The predicted molar refractivity (Wildman–Crippen MR) is 105 cm³/mol. The molecule has 1 unspecified atom stereocenters. The molecule has 172 valence electrons. The first kappa shape index (κ1) is 24.9. The summed E-state index contributed by atoms with van der Waals surface area (Å²) in [5, 5.41) is 14.8. The van der Waals surface area contributed by atoms with E-state index in [1.54, 1.807) is 0 Å². The van der Waals surface area contributed by atoms with Crippen molar-refractivity contribution in [2.45, 2.75) is 26.1 Å². The molecule has 0 aliphatic heterocycles. The van der Waals surface area contributed by atoms with E-state index in [0.29, 0.717) is 6.07 Å². The summed E-state index contributed by atoms with van der Waals surface area (Å²) in [6.07, 6.45) is -5.44. The van der Waals surface area contributed by atoms with Gasteiger partial charge in [0.15, 0.2) is 0 Å². The van der Waals surface area contributed by atoms with Crippen LogP contribution in [-0.4, -0.2) is 29.8 Å². The van der Waals surface area contributed by atoms with E-state index in [1.807, 2.05) is 0 Å². The molecule has 32 heavy (non-hydrogen) atoms. The first-order chi connectivity index (χ1) is 14.9. The van der Waals surface area contributed by atoms with Crippen LogP contribution in [0.3, 0.4) is 0 Å². The highest BCUT2D eigenvalue weighted by molar-refractivity contribution is 6.32. The standard InChI is InChI=1S/C19H16ClF3N2O7/c1-10(29-3)18(24-32-31-11(2)26)14-9-13(5-6-16(14)25(27)28)30-17-7-4-12(8-15(17)20)19(21,22)23/h4-10H,1-3H3. The molecule has 0 aliphatic rings. The molecule has 2 aromatic carbocycles. The summed E-state index contributed by atoms with van der Waals surface area (Å²) in [6, 6.07) is 5.99. The Labute approximate surface area is 184 Å². The second-order valence-corrected chi connectivity index (χ2v) is 6.59. The van der Waals surface area contributed by atoms with E-state index < -0.39 is 34.4 Å². The maximum absolute atomic E-state index is 12.8. The molecule has 1 atom stereocenters. The van der Waals surface area contributed by atoms with Gasteiger partial charge in [-0.15, -0.1) is 0 Å². The monoisotopic (exact) mass is 476 g/mol. The molecule has 0 saturated carbocycles. The lowest BCUT2D eigenvalue weighted by Crippen LogP contribution is -2.22. The number of alkyl halides is 3. The number of nitrogens with zero attached hydrogens (tertiary/aromatic N) is 2. The van der Waals surface area contributed by atoms with Gasteiger partial charge >= 0.3 is 12.1 Å². The minimum atomic E-state index is -4.59. The van der Waals surface area contributed by atoms with Gasteiger partial charge in [-0.2, -0.15) is 18.2 Å². The lowest BCUT2D eigenvalue weighted by Gasteiger charge is -2.15. The van der Waals surface area contributed by atoms with Gasteiger partial charge in [-0.25, -0.2) is 9.68 Å². The van der Waals surface area contributed by atoms with Gasteiger partial charge in [-0.05, 0) is 42.4 Å². The second kappa shape index (κ2) is 10.3. The number of carbonyl (C=O) groups excluding carboxylic acids is 1. The highest BCUT2D eigenvalue weighted by atomic mass is 35.5. The van der Waals surface area contributed by atoms with Crippen molar-refractivity contribution in [2.75, 3.05) is 7.11 Å². The molecule has 0 aliphatic carbocycles. The van der Waals surface area contributed by atoms with Gasteiger partial charge in [0.2, 0.25) is 0 Å². The molecule has 0 radical (unpaired) electrons. The zero-order chi connectivity index (χ0) is 24.1. The average molecular weight is 477 g/mol. The van der Waals surface area contributed by atoms with Crippen LogP contribution in [0, 0.1) is 10.1 Å². The van der Waals surface area contributed by atoms with Crippen molar-refractivity contribution in [2.24, 2.45) is 5.16 Å². The fraction of sp³-hybridized carbons (Fsp3) is 0.263. The summed E-state index contributed by atoms with van der Waals surface area (Å²) in [7, 11) is 1.31. The van der Waals surface area contributed by atoms with E-state index >= 15 is 0 Å². The molecule has 0 heterocycles. The number of nitro groups is 1. The number of ether oxygens (including phenoxy) is 2. The Morgan fingerprint density at radius 1 is 1.22 bits per heavy atom. The van der Waals surface area contributed by atoms with Crippen LogP contribution in [0.4, 0.5) is 18.9 Å². The van der Waals surface area contributed by atoms with Crippen LogP contribution in [0.5, 0.6) is 11.5 Å². The zero-order valence-electron chi connectivity index (χ0n) is 16.8. The van der Waals surface area contributed by atoms with Gasteiger partial charge in [-0.3, -0.25) is 10.1 Å². The van der Waals surface area contributed by atoms with Crippen molar-refractivity contribution >= 4 is 29.0 Å². The molecular formula is C19H16ClF3N2O7. The smallest absolute Gasteiger partial charge is 0.416 e. The topological polar surface area (TPSA) is 109 Å². The summed E-state index contributed by atoms with van der Waals surface area (Å²) >= 11 is 5.90. The number of halogens is 4. The zero-order valence-corrected chi connectivity index (χ0v) is 17.6. The normalized spacial score (nSPS) is 12.8. The summed E-state index contributed by atoms with van der Waals surface area (Å²) in [5.41, 5.74) is -1.61. The Morgan fingerprint density at radius 3 is 2.44 bits per heavy atom. The first-order valence-corrected chi connectivity index (χ1v) is 9.10. The Hall–Kier alpha value is -3.38. The number of methoxy groups -OCH3 is 1. The lowest BCUT2D eigenvalue weighted by molar-refractivity contribution is -0.385. The van der Waals surface area contributed by atoms with E-state index in [1.165, 1.54) is 26.2 Å². The highest BCUT2D eigenvalue weighted by Crippen LogP contribution is 2.37. The Kier molecular flexibility index (Phi) is 8.00. The number of hydrogen-bond acceptors (Lipinski definition) is 8. The molecule has 0 bridgehead atoms. The number of rotatable bonds is 8. The van der Waals surface area contributed by atoms with Crippen LogP contribution in [0.15, 0.2) is 41.6 Å². The van der Waals surface area contributed by atoms with Crippen molar-refractivity contribution < 1.29 is 42.2 Å². The van der Waals surface area contributed by atoms with Crippen LogP contribution in [0.2, 0.25) is 5.02 Å². The Morgan fingerprint density at radius 2 is 1.91 bits per heavy atom. The predicted octanol–water partition coefficient (Wildman–Crippen LogP) is 5.29. The van der Waals surface area contributed by atoms with Gasteiger partial charge < -0.3 is 9.47 Å². The third-order valence-corrected chi connectivity index (χ3v) is 4.25. The van der Waals surface area contributed by atoms with Crippen molar-refractivity contribution in [3.8, 4) is 11.5 Å². The van der Waals surface area contributed by atoms with E-state index in [9.17, 15) is 28.1 Å². The fourth-order valence-corrected chi connectivity index (χ4v) is 2.61. The van der Waals surface area contributed by atoms with Crippen LogP contribution in [0.25, 0.3) is 0 Å². The lowest BCUT2D eigenvalue weighted by atomic mass is 10.0. The molecule has 2 rings (SSSR count). The van der Waals surface area contributed by atoms with Gasteiger partial charge in [0.25, 0.3) is 5.69 Å². The highest BCUT2D eigenvalue weighted by Gasteiger charge is 2.31. The molecule has 2 aromatic rings. The molecule has 13 heteroatoms. The SMILES string of the molecule is COC(C)C(=NOOC(C)=O)c1cc(Oc2ccc(C(F)(F)F)cc2Cl)ccc1[N+](=O)[O-]. The Balaban J connectivity index is 2.48. The van der Waals surface area contributed by atoms with Crippen LogP contribution < -0.4 is 4.74 Å². The van der Waals surface area contributed by atoms with Crippen LogP contribution in [0.1, 0.15) is 25.0 Å². The van der Waals surface area contributed by atoms with Crippen molar-refractivity contribution in [3.63, 3.8) is 0 Å². The fourth-order valence-electron chi connectivity index (χ4n) is 2.40. The average Bonchev–Trinajstić information content (AvgIpc) is 2.71. The van der Waals surface area contributed by atoms with Gasteiger partial charge in [0.1, 0.15) is 23.3 Å².